The number of benzene rings is 1. The molecule has 1 nitrogen and oxygen atoms in total. The third-order valence-electron chi connectivity index (χ3n) is 2.17. The lowest BCUT2D eigenvalue weighted by molar-refractivity contribution is 1.23. The summed E-state index contributed by atoms with van der Waals surface area (Å²) in [7, 11) is 0. The predicted molar refractivity (Wildman–Crippen MR) is 64.2 cm³/mol. The molecule has 0 unspecified atom stereocenters. The maximum atomic E-state index is 6.07. The molecular formula is C11H10ClNS. The summed E-state index contributed by atoms with van der Waals surface area (Å²) in [6.07, 6.45) is 0. The Balaban J connectivity index is 2.87. The summed E-state index contributed by atoms with van der Waals surface area (Å²) < 4.78 is 0. The highest BCUT2D eigenvalue weighted by molar-refractivity contribution is 7.79. The minimum absolute atomic E-state index is 0.703. The largest absolute Gasteiger partial charge is 0.252 e. The minimum atomic E-state index is 0.703. The number of fused-ring (bicyclic) bond motifs is 1. The van der Waals surface area contributed by atoms with E-state index >= 15 is 0 Å². The van der Waals surface area contributed by atoms with E-state index in [-0.39, 0.29) is 0 Å². The van der Waals surface area contributed by atoms with Gasteiger partial charge < -0.3 is 0 Å². The fourth-order valence-electron chi connectivity index (χ4n) is 1.56. The van der Waals surface area contributed by atoms with Crippen LogP contribution in [0.15, 0.2) is 24.3 Å². The van der Waals surface area contributed by atoms with Gasteiger partial charge in [0.1, 0.15) is 0 Å². The van der Waals surface area contributed by atoms with Crippen molar-refractivity contribution in [3.8, 4) is 0 Å². The van der Waals surface area contributed by atoms with Gasteiger partial charge in [0.25, 0.3) is 0 Å². The van der Waals surface area contributed by atoms with E-state index in [9.17, 15) is 0 Å². The fraction of sp³-hybridized carbons (Fsp3) is 0.182. The van der Waals surface area contributed by atoms with Crippen molar-refractivity contribution >= 4 is 35.1 Å². The standard InChI is InChI=1S/C11H10ClNS/c1-7-5-8(6-14)9-3-2-4-10(12)11(9)13-7/h2-5,14H,6H2,1H3. The average molecular weight is 224 g/mol. The van der Waals surface area contributed by atoms with Gasteiger partial charge in [-0.25, -0.2) is 0 Å². The molecule has 0 N–H and O–H groups in total. The first kappa shape index (κ1) is 9.81. The molecule has 0 aliphatic rings. The first-order valence-electron chi connectivity index (χ1n) is 4.38. The number of pyridine rings is 1. The molecule has 1 heterocycles. The van der Waals surface area contributed by atoms with Crippen LogP contribution in [0.3, 0.4) is 0 Å². The number of aryl methyl sites for hydroxylation is 1. The van der Waals surface area contributed by atoms with Crippen LogP contribution in [-0.2, 0) is 5.75 Å². The van der Waals surface area contributed by atoms with Crippen LogP contribution in [0.25, 0.3) is 10.9 Å². The number of para-hydroxylation sites is 1. The summed E-state index contributed by atoms with van der Waals surface area (Å²) in [5.74, 6) is 0.709. The van der Waals surface area contributed by atoms with Crippen molar-refractivity contribution in [1.29, 1.82) is 0 Å². The molecule has 0 atom stereocenters. The van der Waals surface area contributed by atoms with Gasteiger partial charge >= 0.3 is 0 Å². The van der Waals surface area contributed by atoms with Gasteiger partial charge in [-0.1, -0.05) is 23.7 Å². The van der Waals surface area contributed by atoms with Crippen LogP contribution in [-0.4, -0.2) is 4.98 Å². The Kier molecular flexibility index (Phi) is 2.66. The molecule has 0 aliphatic carbocycles. The molecule has 14 heavy (non-hydrogen) atoms. The Bertz CT molecular complexity index is 482. The number of hydrogen-bond donors (Lipinski definition) is 1. The lowest BCUT2D eigenvalue weighted by atomic mass is 10.1. The van der Waals surface area contributed by atoms with Crippen LogP contribution < -0.4 is 0 Å². The topological polar surface area (TPSA) is 12.9 Å². The van der Waals surface area contributed by atoms with E-state index in [1.807, 2.05) is 31.2 Å². The zero-order chi connectivity index (χ0) is 10.1. The molecule has 0 radical (unpaired) electrons. The van der Waals surface area contributed by atoms with Crippen molar-refractivity contribution in [3.05, 3.63) is 40.5 Å². The maximum absolute atomic E-state index is 6.07. The third-order valence-corrected chi connectivity index (χ3v) is 2.82. The normalized spacial score (nSPS) is 10.8. The highest BCUT2D eigenvalue weighted by Crippen LogP contribution is 2.25. The third kappa shape index (κ3) is 1.60. The summed E-state index contributed by atoms with van der Waals surface area (Å²) in [5, 5.41) is 1.80. The molecule has 1 aromatic carbocycles. The summed E-state index contributed by atoms with van der Waals surface area (Å²) in [6, 6.07) is 7.87. The maximum Gasteiger partial charge on any atom is 0.0894 e. The van der Waals surface area contributed by atoms with Crippen molar-refractivity contribution in [3.63, 3.8) is 0 Å². The molecule has 0 fully saturated rings. The molecule has 0 amide bonds. The van der Waals surface area contributed by atoms with Crippen LogP contribution in [0.2, 0.25) is 5.02 Å². The fourth-order valence-corrected chi connectivity index (χ4v) is 2.04. The van der Waals surface area contributed by atoms with Gasteiger partial charge in [0.2, 0.25) is 0 Å². The number of hydrogen-bond acceptors (Lipinski definition) is 2. The number of aromatic nitrogens is 1. The molecular weight excluding hydrogens is 214 g/mol. The molecule has 0 saturated heterocycles. The Labute approximate surface area is 93.5 Å². The summed E-state index contributed by atoms with van der Waals surface area (Å²) in [4.78, 5) is 4.42. The molecule has 2 rings (SSSR count). The van der Waals surface area contributed by atoms with Crippen LogP contribution in [0.5, 0.6) is 0 Å². The van der Waals surface area contributed by atoms with Gasteiger partial charge in [0.05, 0.1) is 10.5 Å². The van der Waals surface area contributed by atoms with Crippen molar-refractivity contribution in [2.24, 2.45) is 0 Å². The summed E-state index contributed by atoms with van der Waals surface area (Å²) in [5.41, 5.74) is 3.03. The van der Waals surface area contributed by atoms with E-state index in [0.717, 1.165) is 16.6 Å². The lowest BCUT2D eigenvalue weighted by Gasteiger charge is -2.06. The van der Waals surface area contributed by atoms with Crippen LogP contribution in [0, 0.1) is 6.92 Å². The van der Waals surface area contributed by atoms with Crippen LogP contribution >= 0.6 is 24.2 Å². The molecule has 0 bridgehead atoms. The van der Waals surface area contributed by atoms with E-state index < -0.39 is 0 Å². The lowest BCUT2D eigenvalue weighted by Crippen LogP contribution is -1.90. The smallest absolute Gasteiger partial charge is 0.0894 e. The molecule has 0 aliphatic heterocycles. The van der Waals surface area contributed by atoms with Gasteiger partial charge in [-0.05, 0) is 24.6 Å². The molecule has 0 saturated carbocycles. The quantitative estimate of drug-likeness (QED) is 0.729. The van der Waals surface area contributed by atoms with Crippen LogP contribution in [0.4, 0.5) is 0 Å². The molecule has 2 aromatic rings. The number of rotatable bonds is 1. The molecule has 3 heteroatoms. The average Bonchev–Trinajstić information content (AvgIpc) is 2.18. The molecule has 1 aromatic heterocycles. The zero-order valence-electron chi connectivity index (χ0n) is 7.79. The Morgan fingerprint density at radius 2 is 2.21 bits per heavy atom. The van der Waals surface area contributed by atoms with E-state index in [4.69, 9.17) is 11.6 Å². The van der Waals surface area contributed by atoms with E-state index in [0.29, 0.717) is 10.8 Å². The van der Waals surface area contributed by atoms with E-state index in [1.54, 1.807) is 0 Å². The van der Waals surface area contributed by atoms with Gasteiger partial charge in [0, 0.05) is 16.8 Å². The molecule has 72 valence electrons. The minimum Gasteiger partial charge on any atom is -0.252 e. The van der Waals surface area contributed by atoms with Crippen molar-refractivity contribution < 1.29 is 0 Å². The second-order valence-corrected chi connectivity index (χ2v) is 3.94. The highest BCUT2D eigenvalue weighted by atomic mass is 35.5. The zero-order valence-corrected chi connectivity index (χ0v) is 9.44. The SMILES string of the molecule is Cc1cc(CS)c2cccc(Cl)c2n1. The highest BCUT2D eigenvalue weighted by Gasteiger charge is 2.04. The monoisotopic (exact) mass is 223 g/mol. The Hall–Kier alpha value is -0.730. The van der Waals surface area contributed by atoms with Crippen molar-refractivity contribution in [2.75, 3.05) is 0 Å². The van der Waals surface area contributed by atoms with E-state index in [1.165, 1.54) is 5.56 Å². The second-order valence-electron chi connectivity index (χ2n) is 3.22. The first-order chi connectivity index (χ1) is 6.72. The van der Waals surface area contributed by atoms with Crippen molar-refractivity contribution in [2.45, 2.75) is 12.7 Å². The predicted octanol–water partition coefficient (Wildman–Crippen LogP) is 3.63. The molecule has 0 spiro atoms. The van der Waals surface area contributed by atoms with Gasteiger partial charge in [-0.2, -0.15) is 12.6 Å². The second kappa shape index (κ2) is 3.79. The Morgan fingerprint density at radius 1 is 1.43 bits per heavy atom. The number of nitrogens with zero attached hydrogens (tertiary/aromatic N) is 1. The number of thiol groups is 1. The first-order valence-corrected chi connectivity index (χ1v) is 5.39. The van der Waals surface area contributed by atoms with Gasteiger partial charge in [-0.3, -0.25) is 4.98 Å². The van der Waals surface area contributed by atoms with Crippen LogP contribution in [0.1, 0.15) is 11.3 Å². The number of halogens is 1. The summed E-state index contributed by atoms with van der Waals surface area (Å²) >= 11 is 10.4. The summed E-state index contributed by atoms with van der Waals surface area (Å²) in [6.45, 7) is 1.97. The van der Waals surface area contributed by atoms with Crippen molar-refractivity contribution in [1.82, 2.24) is 4.98 Å². The van der Waals surface area contributed by atoms with Gasteiger partial charge in [-0.15, -0.1) is 0 Å². The van der Waals surface area contributed by atoms with Gasteiger partial charge in [0.15, 0.2) is 0 Å². The van der Waals surface area contributed by atoms with E-state index in [2.05, 4.69) is 17.6 Å². The Morgan fingerprint density at radius 3 is 2.93 bits per heavy atom.